The van der Waals surface area contributed by atoms with Crippen LogP contribution in [0.25, 0.3) is 10.8 Å². The lowest BCUT2D eigenvalue weighted by atomic mass is 9.77. The molecule has 0 unspecified atom stereocenters. The molecule has 0 radical (unpaired) electrons. The summed E-state index contributed by atoms with van der Waals surface area (Å²) in [6.45, 7) is 3.84. The first kappa shape index (κ1) is 21.1. The molecule has 0 heterocycles. The Labute approximate surface area is 184 Å². The van der Waals surface area contributed by atoms with Crippen molar-refractivity contribution < 1.29 is 4.39 Å². The molecule has 1 aliphatic rings. The summed E-state index contributed by atoms with van der Waals surface area (Å²) in [7, 11) is 0. The van der Waals surface area contributed by atoms with Crippen LogP contribution in [0.1, 0.15) is 61.1 Å². The second kappa shape index (κ2) is 9.79. The van der Waals surface area contributed by atoms with E-state index in [-0.39, 0.29) is 5.82 Å². The molecule has 0 aliphatic heterocycles. The van der Waals surface area contributed by atoms with E-state index in [1.54, 1.807) is 0 Å². The molecule has 0 aromatic heterocycles. The first-order valence-electron chi connectivity index (χ1n) is 11.2. The van der Waals surface area contributed by atoms with Gasteiger partial charge in [-0.15, -0.1) is 6.58 Å². The van der Waals surface area contributed by atoms with Crippen LogP contribution in [0.15, 0.2) is 67.3 Å². The highest BCUT2D eigenvalue weighted by Crippen LogP contribution is 2.38. The highest BCUT2D eigenvalue weighted by Gasteiger charge is 2.22. The summed E-state index contributed by atoms with van der Waals surface area (Å²) >= 11 is 5.95. The van der Waals surface area contributed by atoms with Crippen molar-refractivity contribution in [2.75, 3.05) is 0 Å². The molecule has 0 nitrogen and oxygen atoms in total. The first-order valence-corrected chi connectivity index (χ1v) is 11.6. The van der Waals surface area contributed by atoms with Crippen LogP contribution in [-0.2, 0) is 12.8 Å². The number of hydrogen-bond acceptors (Lipinski definition) is 0. The summed E-state index contributed by atoms with van der Waals surface area (Å²) in [5, 5.41) is 2.50. The highest BCUT2D eigenvalue weighted by atomic mass is 35.5. The van der Waals surface area contributed by atoms with E-state index in [1.807, 2.05) is 42.5 Å². The molecule has 4 rings (SSSR count). The number of fused-ring (bicyclic) bond motifs is 1. The SMILES string of the molecule is C=CCCC1CCC(c2ccc3c(F)c(CCc4ccc(Cl)cc4)ccc3c2)CC1. The normalized spacial score (nSPS) is 19.1. The molecule has 156 valence electrons. The fraction of sp³-hybridized carbons (Fsp3) is 0.357. The van der Waals surface area contributed by atoms with Gasteiger partial charge in [-0.1, -0.05) is 60.1 Å². The number of hydrogen-bond donors (Lipinski definition) is 0. The molecule has 0 N–H and O–H groups in total. The van der Waals surface area contributed by atoms with E-state index in [0.717, 1.165) is 40.1 Å². The fourth-order valence-corrected chi connectivity index (χ4v) is 5.00. The molecule has 1 aliphatic carbocycles. The van der Waals surface area contributed by atoms with Crippen LogP contribution in [0, 0.1) is 11.7 Å². The van der Waals surface area contributed by atoms with Gasteiger partial charge in [0.05, 0.1) is 0 Å². The van der Waals surface area contributed by atoms with Crippen LogP contribution in [0.4, 0.5) is 4.39 Å². The van der Waals surface area contributed by atoms with Gasteiger partial charge in [0, 0.05) is 10.4 Å². The van der Waals surface area contributed by atoms with Gasteiger partial charge in [0.15, 0.2) is 0 Å². The minimum Gasteiger partial charge on any atom is -0.206 e. The molecule has 0 saturated heterocycles. The standard InChI is InChI=1S/C28H30ClF/c1-2-3-4-20-5-10-22(11-6-20)24-15-18-27-25(19-24)14-13-23(28(27)30)12-7-21-8-16-26(29)17-9-21/h2,8-9,13-20,22H,1,3-7,10-12H2. The number of rotatable bonds is 7. The second-order valence-electron chi connectivity index (χ2n) is 8.73. The maximum Gasteiger partial charge on any atom is 0.134 e. The zero-order valence-corrected chi connectivity index (χ0v) is 18.3. The van der Waals surface area contributed by atoms with E-state index in [9.17, 15) is 0 Å². The van der Waals surface area contributed by atoms with Gasteiger partial charge in [0.1, 0.15) is 5.82 Å². The number of benzene rings is 3. The third-order valence-corrected chi connectivity index (χ3v) is 7.00. The summed E-state index contributed by atoms with van der Waals surface area (Å²) in [5.74, 6) is 1.39. The lowest BCUT2D eigenvalue weighted by Gasteiger charge is -2.28. The van der Waals surface area contributed by atoms with Crippen LogP contribution in [-0.4, -0.2) is 0 Å². The summed E-state index contributed by atoms with van der Waals surface area (Å²) in [5.41, 5.74) is 3.34. The average Bonchev–Trinajstić information content (AvgIpc) is 2.78. The molecular formula is C28H30ClF. The number of halogens is 2. The molecule has 1 fully saturated rings. The van der Waals surface area contributed by atoms with Crippen molar-refractivity contribution in [3.63, 3.8) is 0 Å². The van der Waals surface area contributed by atoms with Crippen molar-refractivity contribution in [3.05, 3.63) is 94.8 Å². The lowest BCUT2D eigenvalue weighted by Crippen LogP contribution is -2.13. The molecule has 30 heavy (non-hydrogen) atoms. The Morgan fingerprint density at radius 1 is 0.933 bits per heavy atom. The van der Waals surface area contributed by atoms with E-state index in [4.69, 9.17) is 11.6 Å². The number of allylic oxidation sites excluding steroid dienone is 1. The second-order valence-corrected chi connectivity index (χ2v) is 9.17. The maximum absolute atomic E-state index is 15.2. The van der Waals surface area contributed by atoms with Crippen LogP contribution < -0.4 is 0 Å². The van der Waals surface area contributed by atoms with Crippen LogP contribution >= 0.6 is 11.6 Å². The number of aryl methyl sites for hydroxylation is 2. The Hall–Kier alpha value is -2.12. The van der Waals surface area contributed by atoms with Gasteiger partial charge in [-0.2, -0.15) is 0 Å². The first-order chi connectivity index (χ1) is 14.6. The minimum atomic E-state index is -0.0684. The Morgan fingerprint density at radius 2 is 1.70 bits per heavy atom. The summed E-state index contributed by atoms with van der Waals surface area (Å²) in [6, 6.07) is 18.2. The van der Waals surface area contributed by atoms with Crippen molar-refractivity contribution in [1.82, 2.24) is 0 Å². The zero-order valence-electron chi connectivity index (χ0n) is 17.5. The van der Waals surface area contributed by atoms with Gasteiger partial charge < -0.3 is 0 Å². The Balaban J connectivity index is 1.44. The van der Waals surface area contributed by atoms with E-state index in [1.165, 1.54) is 43.2 Å². The molecule has 0 amide bonds. The summed E-state index contributed by atoms with van der Waals surface area (Å²) in [4.78, 5) is 0. The van der Waals surface area contributed by atoms with Crippen molar-refractivity contribution >= 4 is 22.4 Å². The molecular weight excluding hydrogens is 391 g/mol. The van der Waals surface area contributed by atoms with Gasteiger partial charge in [0.25, 0.3) is 0 Å². The largest absolute Gasteiger partial charge is 0.206 e. The predicted molar refractivity (Wildman–Crippen MR) is 127 cm³/mol. The molecule has 0 spiro atoms. The van der Waals surface area contributed by atoms with E-state index in [2.05, 4.69) is 24.8 Å². The average molecular weight is 421 g/mol. The molecule has 0 atom stereocenters. The van der Waals surface area contributed by atoms with Gasteiger partial charge in [0.2, 0.25) is 0 Å². The van der Waals surface area contributed by atoms with Crippen LogP contribution in [0.2, 0.25) is 5.02 Å². The lowest BCUT2D eigenvalue weighted by molar-refractivity contribution is 0.312. The Bertz CT molecular complexity index is 997. The molecule has 0 bridgehead atoms. The van der Waals surface area contributed by atoms with Crippen LogP contribution in [0.3, 0.4) is 0 Å². The van der Waals surface area contributed by atoms with Gasteiger partial charge in [-0.25, -0.2) is 4.39 Å². The van der Waals surface area contributed by atoms with Crippen molar-refractivity contribution in [1.29, 1.82) is 0 Å². The van der Waals surface area contributed by atoms with E-state index < -0.39 is 0 Å². The summed E-state index contributed by atoms with van der Waals surface area (Å²) < 4.78 is 15.2. The predicted octanol–water partition coefficient (Wildman–Crippen LogP) is 8.66. The smallest absolute Gasteiger partial charge is 0.134 e. The maximum atomic E-state index is 15.2. The van der Waals surface area contributed by atoms with Crippen molar-refractivity contribution in [3.8, 4) is 0 Å². The zero-order chi connectivity index (χ0) is 20.9. The topological polar surface area (TPSA) is 0 Å². The fourth-order valence-electron chi connectivity index (χ4n) is 4.87. The quantitative estimate of drug-likeness (QED) is 0.335. The third-order valence-electron chi connectivity index (χ3n) is 6.75. The highest BCUT2D eigenvalue weighted by molar-refractivity contribution is 6.30. The van der Waals surface area contributed by atoms with E-state index >= 15 is 4.39 Å². The van der Waals surface area contributed by atoms with Crippen molar-refractivity contribution in [2.45, 2.75) is 57.3 Å². The van der Waals surface area contributed by atoms with E-state index in [0.29, 0.717) is 12.3 Å². The Morgan fingerprint density at radius 3 is 2.43 bits per heavy atom. The molecule has 3 aromatic rings. The molecule has 1 saturated carbocycles. The minimum absolute atomic E-state index is 0.0684. The molecule has 3 aromatic carbocycles. The van der Waals surface area contributed by atoms with Gasteiger partial charge in [-0.3, -0.25) is 0 Å². The van der Waals surface area contributed by atoms with Gasteiger partial charge in [-0.05, 0) is 97.4 Å². The van der Waals surface area contributed by atoms with Gasteiger partial charge >= 0.3 is 0 Å². The monoisotopic (exact) mass is 420 g/mol. The third kappa shape index (κ3) is 4.95. The van der Waals surface area contributed by atoms with Crippen molar-refractivity contribution in [2.24, 2.45) is 5.92 Å². The Kier molecular flexibility index (Phi) is 6.89. The summed E-state index contributed by atoms with van der Waals surface area (Å²) in [6.07, 6.45) is 11.0. The van der Waals surface area contributed by atoms with Crippen LogP contribution in [0.5, 0.6) is 0 Å². The molecule has 2 heteroatoms.